The Labute approximate surface area is 125 Å². The van der Waals surface area contributed by atoms with Crippen molar-refractivity contribution in [3.63, 3.8) is 0 Å². The fourth-order valence-corrected chi connectivity index (χ4v) is 3.69. The molecule has 2 aliphatic rings. The van der Waals surface area contributed by atoms with Crippen LogP contribution in [0.25, 0.3) is 0 Å². The summed E-state index contributed by atoms with van der Waals surface area (Å²) in [4.78, 5) is 13.5. The van der Waals surface area contributed by atoms with E-state index >= 15 is 0 Å². The number of likely N-dealkylation sites (tertiary alicyclic amines) is 1. The lowest BCUT2D eigenvalue weighted by atomic mass is 10.1. The van der Waals surface area contributed by atoms with Crippen molar-refractivity contribution in [1.82, 2.24) is 4.90 Å². The molecule has 1 saturated heterocycles. The number of nitrogens with zero attached hydrogens (tertiary/aromatic N) is 2. The summed E-state index contributed by atoms with van der Waals surface area (Å²) in [6.45, 7) is 4.82. The highest BCUT2D eigenvalue weighted by Crippen LogP contribution is 2.38. The van der Waals surface area contributed by atoms with E-state index in [1.54, 1.807) is 6.07 Å². The number of rotatable bonds is 6. The van der Waals surface area contributed by atoms with Crippen LogP contribution in [0.2, 0.25) is 0 Å². The van der Waals surface area contributed by atoms with Crippen LogP contribution < -0.4 is 5.32 Å². The Morgan fingerprint density at radius 1 is 1.43 bits per heavy atom. The lowest BCUT2D eigenvalue weighted by Crippen LogP contribution is -2.31. The highest BCUT2D eigenvalue weighted by Gasteiger charge is 2.37. The number of nitrogens with one attached hydrogen (secondary N) is 1. The zero-order chi connectivity index (χ0) is 14.8. The van der Waals surface area contributed by atoms with Gasteiger partial charge in [-0.2, -0.15) is 0 Å². The number of nitro groups is 1. The van der Waals surface area contributed by atoms with Crippen LogP contribution in [0.4, 0.5) is 11.4 Å². The van der Waals surface area contributed by atoms with Crippen LogP contribution in [-0.2, 0) is 6.54 Å². The van der Waals surface area contributed by atoms with Crippen molar-refractivity contribution in [3.8, 4) is 0 Å². The molecule has 1 aliphatic carbocycles. The normalized spacial score (nSPS) is 24.4. The van der Waals surface area contributed by atoms with Gasteiger partial charge in [0.15, 0.2) is 0 Å². The van der Waals surface area contributed by atoms with Gasteiger partial charge >= 0.3 is 0 Å². The molecule has 1 aromatic rings. The fourth-order valence-electron chi connectivity index (χ4n) is 3.69. The minimum Gasteiger partial charge on any atom is -0.380 e. The molecule has 21 heavy (non-hydrogen) atoms. The van der Waals surface area contributed by atoms with Gasteiger partial charge in [-0.1, -0.05) is 13.0 Å². The van der Waals surface area contributed by atoms with E-state index < -0.39 is 0 Å². The summed E-state index contributed by atoms with van der Waals surface area (Å²) < 4.78 is 0. The molecule has 2 atom stereocenters. The predicted molar refractivity (Wildman–Crippen MR) is 83.4 cm³/mol. The molecule has 2 fully saturated rings. The average molecular weight is 289 g/mol. The Balaban J connectivity index is 1.73. The fraction of sp³-hybridized carbons (Fsp3) is 0.625. The minimum absolute atomic E-state index is 0.199. The lowest BCUT2D eigenvalue weighted by molar-refractivity contribution is -0.384. The summed E-state index contributed by atoms with van der Waals surface area (Å²) >= 11 is 0. The number of benzene rings is 1. The summed E-state index contributed by atoms with van der Waals surface area (Å²) in [6, 6.07) is 6.32. The molecule has 0 spiro atoms. The van der Waals surface area contributed by atoms with E-state index in [2.05, 4.69) is 17.1 Å². The van der Waals surface area contributed by atoms with E-state index in [-0.39, 0.29) is 10.6 Å². The maximum Gasteiger partial charge on any atom is 0.292 e. The van der Waals surface area contributed by atoms with Gasteiger partial charge in [-0.15, -0.1) is 0 Å². The van der Waals surface area contributed by atoms with Crippen molar-refractivity contribution in [2.24, 2.45) is 5.92 Å². The predicted octanol–water partition coefficient (Wildman–Crippen LogP) is 3.40. The first-order chi connectivity index (χ1) is 10.2. The topological polar surface area (TPSA) is 58.4 Å². The zero-order valence-electron chi connectivity index (χ0n) is 12.5. The Morgan fingerprint density at radius 2 is 2.29 bits per heavy atom. The first-order valence-electron chi connectivity index (χ1n) is 7.92. The van der Waals surface area contributed by atoms with E-state index in [1.165, 1.54) is 19.3 Å². The zero-order valence-corrected chi connectivity index (χ0v) is 12.5. The van der Waals surface area contributed by atoms with Crippen LogP contribution >= 0.6 is 0 Å². The van der Waals surface area contributed by atoms with Crippen LogP contribution in [-0.4, -0.2) is 29.0 Å². The molecule has 1 aromatic carbocycles. The van der Waals surface area contributed by atoms with Gasteiger partial charge in [0.1, 0.15) is 5.69 Å². The highest BCUT2D eigenvalue weighted by molar-refractivity contribution is 5.62. The van der Waals surface area contributed by atoms with Crippen LogP contribution in [0, 0.1) is 16.0 Å². The summed E-state index contributed by atoms with van der Waals surface area (Å²) in [5, 5.41) is 14.4. The largest absolute Gasteiger partial charge is 0.380 e. The summed E-state index contributed by atoms with van der Waals surface area (Å²) in [5.41, 5.74) is 1.88. The molecule has 3 rings (SSSR count). The molecule has 0 aromatic heterocycles. The third kappa shape index (κ3) is 3.02. The second-order valence-electron chi connectivity index (χ2n) is 6.30. The van der Waals surface area contributed by atoms with Crippen molar-refractivity contribution in [3.05, 3.63) is 33.9 Å². The molecule has 0 amide bonds. The maximum absolute atomic E-state index is 11.3. The molecule has 1 N–H and O–H groups in total. The summed E-state index contributed by atoms with van der Waals surface area (Å²) in [5.74, 6) is 0.857. The number of nitro benzene ring substituents is 1. The van der Waals surface area contributed by atoms with Crippen LogP contribution in [0.5, 0.6) is 0 Å². The molecule has 5 nitrogen and oxygen atoms in total. The molecule has 5 heteroatoms. The van der Waals surface area contributed by atoms with E-state index in [0.29, 0.717) is 11.7 Å². The lowest BCUT2D eigenvalue weighted by Gasteiger charge is -2.26. The van der Waals surface area contributed by atoms with Crippen LogP contribution in [0.15, 0.2) is 18.2 Å². The number of fused-ring (bicyclic) bond motifs is 2. The molecule has 1 heterocycles. The van der Waals surface area contributed by atoms with E-state index in [4.69, 9.17) is 0 Å². The molecule has 114 valence electrons. The molecular weight excluding hydrogens is 266 g/mol. The molecule has 1 aliphatic heterocycles. The van der Waals surface area contributed by atoms with Gasteiger partial charge in [0.05, 0.1) is 4.92 Å². The average Bonchev–Trinajstić information content (AvgIpc) is 3.08. The summed E-state index contributed by atoms with van der Waals surface area (Å²) in [7, 11) is 0. The number of hydrogen-bond donors (Lipinski definition) is 1. The van der Waals surface area contributed by atoms with Crippen LogP contribution in [0.3, 0.4) is 0 Å². The van der Waals surface area contributed by atoms with Gasteiger partial charge in [0, 0.05) is 31.7 Å². The minimum atomic E-state index is -0.280. The SMILES string of the molecule is CCCNc1ccc(CN2CC3CCC2C3)cc1[N+](=O)[O-]. The Bertz CT molecular complexity index is 532. The third-order valence-electron chi connectivity index (χ3n) is 4.73. The second-order valence-corrected chi connectivity index (χ2v) is 6.30. The molecule has 1 saturated carbocycles. The molecule has 0 radical (unpaired) electrons. The van der Waals surface area contributed by atoms with Gasteiger partial charge in [0.2, 0.25) is 0 Å². The molecular formula is C16H23N3O2. The van der Waals surface area contributed by atoms with Crippen molar-refractivity contribution in [2.45, 2.75) is 45.2 Å². The number of piperidine rings is 1. The maximum atomic E-state index is 11.3. The third-order valence-corrected chi connectivity index (χ3v) is 4.73. The van der Waals surface area contributed by atoms with E-state index in [9.17, 15) is 10.1 Å². The van der Waals surface area contributed by atoms with Crippen molar-refractivity contribution < 1.29 is 4.92 Å². The van der Waals surface area contributed by atoms with Crippen molar-refractivity contribution in [2.75, 3.05) is 18.4 Å². The Kier molecular flexibility index (Phi) is 4.10. The van der Waals surface area contributed by atoms with Gasteiger partial charge in [-0.25, -0.2) is 0 Å². The van der Waals surface area contributed by atoms with E-state index in [1.807, 2.05) is 12.1 Å². The molecule has 2 bridgehead atoms. The van der Waals surface area contributed by atoms with Crippen molar-refractivity contribution >= 4 is 11.4 Å². The standard InChI is InChI=1S/C16H23N3O2/c1-2-7-17-15-6-4-13(9-16(15)19(20)21)11-18-10-12-3-5-14(18)8-12/h4,6,9,12,14,17H,2-3,5,7-8,10-11H2,1H3. The Morgan fingerprint density at radius 3 is 2.90 bits per heavy atom. The van der Waals surface area contributed by atoms with Gasteiger partial charge < -0.3 is 5.32 Å². The first kappa shape index (κ1) is 14.3. The number of hydrogen-bond acceptors (Lipinski definition) is 4. The van der Waals surface area contributed by atoms with Crippen LogP contribution in [0.1, 0.15) is 38.2 Å². The van der Waals surface area contributed by atoms with Gasteiger partial charge in [-0.3, -0.25) is 15.0 Å². The Hall–Kier alpha value is -1.62. The van der Waals surface area contributed by atoms with Crippen molar-refractivity contribution in [1.29, 1.82) is 0 Å². The quantitative estimate of drug-likeness (QED) is 0.644. The van der Waals surface area contributed by atoms with E-state index in [0.717, 1.165) is 37.5 Å². The monoisotopic (exact) mass is 289 g/mol. The highest BCUT2D eigenvalue weighted by atomic mass is 16.6. The smallest absolute Gasteiger partial charge is 0.292 e. The second kappa shape index (κ2) is 6.02. The van der Waals surface area contributed by atoms with Gasteiger partial charge in [-0.05, 0) is 43.2 Å². The number of anilines is 1. The first-order valence-corrected chi connectivity index (χ1v) is 7.92. The molecule has 2 unspecified atom stereocenters. The van der Waals surface area contributed by atoms with Gasteiger partial charge in [0.25, 0.3) is 5.69 Å². The summed E-state index contributed by atoms with van der Waals surface area (Å²) in [6.07, 6.45) is 4.93.